The fourth-order valence-electron chi connectivity index (χ4n) is 4.03. The summed E-state index contributed by atoms with van der Waals surface area (Å²) >= 11 is 1.47. The van der Waals surface area contributed by atoms with Gasteiger partial charge in [0.2, 0.25) is 5.91 Å². The van der Waals surface area contributed by atoms with E-state index in [2.05, 4.69) is 35.9 Å². The predicted molar refractivity (Wildman–Crippen MR) is 113 cm³/mol. The lowest BCUT2D eigenvalue weighted by Crippen LogP contribution is -2.44. The lowest BCUT2D eigenvalue weighted by Gasteiger charge is -2.35. The van der Waals surface area contributed by atoms with Gasteiger partial charge in [-0.2, -0.15) is 0 Å². The van der Waals surface area contributed by atoms with Crippen LogP contribution >= 0.6 is 11.8 Å². The summed E-state index contributed by atoms with van der Waals surface area (Å²) in [6.45, 7) is 7.29. The molecule has 0 radical (unpaired) electrons. The standard InChI is InChI=1S/C21H27N5OS/c1-4-15-9-7-8-12-25(15)18(27)13-28-21-24-23-20-16-10-5-6-11-17(16)22-19(14(2)3)26(20)21/h5-6,10-11,14-15H,4,7-9,12-13H2,1-3H3/t15-/m1/s1. The van der Waals surface area contributed by atoms with Gasteiger partial charge in [-0.05, 0) is 37.8 Å². The lowest BCUT2D eigenvalue weighted by molar-refractivity contribution is -0.132. The molecule has 0 aliphatic carbocycles. The molecule has 1 amide bonds. The van der Waals surface area contributed by atoms with Crippen molar-refractivity contribution in [1.29, 1.82) is 0 Å². The number of para-hydroxylation sites is 1. The molecule has 0 saturated carbocycles. The minimum absolute atomic E-state index is 0.202. The number of likely N-dealkylation sites (tertiary alicyclic amines) is 1. The first kappa shape index (κ1) is 19.2. The Labute approximate surface area is 169 Å². The molecule has 1 aliphatic rings. The van der Waals surface area contributed by atoms with Crippen LogP contribution in [-0.4, -0.2) is 48.7 Å². The van der Waals surface area contributed by atoms with Gasteiger partial charge in [-0.3, -0.25) is 9.20 Å². The Bertz CT molecular complexity index is 999. The van der Waals surface area contributed by atoms with Gasteiger partial charge in [-0.1, -0.05) is 44.7 Å². The van der Waals surface area contributed by atoms with Gasteiger partial charge in [0.1, 0.15) is 5.82 Å². The number of fused-ring (bicyclic) bond motifs is 3. The number of thioether (sulfide) groups is 1. The highest BCUT2D eigenvalue weighted by molar-refractivity contribution is 7.99. The van der Waals surface area contributed by atoms with Crippen LogP contribution in [0.4, 0.5) is 0 Å². The van der Waals surface area contributed by atoms with E-state index in [4.69, 9.17) is 4.98 Å². The number of hydrogen-bond donors (Lipinski definition) is 0. The molecule has 3 heterocycles. The molecule has 28 heavy (non-hydrogen) atoms. The molecule has 0 unspecified atom stereocenters. The fraction of sp³-hybridized carbons (Fsp3) is 0.524. The molecule has 1 aromatic carbocycles. The summed E-state index contributed by atoms with van der Waals surface area (Å²) in [4.78, 5) is 19.8. The van der Waals surface area contributed by atoms with Crippen LogP contribution in [0, 0.1) is 0 Å². The average molecular weight is 398 g/mol. The lowest BCUT2D eigenvalue weighted by atomic mass is 10.0. The molecule has 0 bridgehead atoms. The Morgan fingerprint density at radius 2 is 2.07 bits per heavy atom. The zero-order valence-electron chi connectivity index (χ0n) is 16.8. The van der Waals surface area contributed by atoms with Gasteiger partial charge in [-0.15, -0.1) is 10.2 Å². The second kappa shape index (κ2) is 8.07. The molecule has 1 atom stereocenters. The van der Waals surface area contributed by atoms with Crippen molar-refractivity contribution in [2.24, 2.45) is 0 Å². The van der Waals surface area contributed by atoms with Crippen molar-refractivity contribution in [3.05, 3.63) is 30.1 Å². The maximum atomic E-state index is 12.9. The molecule has 1 fully saturated rings. The number of hydrogen-bond acceptors (Lipinski definition) is 5. The van der Waals surface area contributed by atoms with Crippen molar-refractivity contribution in [3.63, 3.8) is 0 Å². The summed E-state index contributed by atoms with van der Waals surface area (Å²) in [5.41, 5.74) is 1.74. The molecular weight excluding hydrogens is 370 g/mol. The maximum Gasteiger partial charge on any atom is 0.233 e. The van der Waals surface area contributed by atoms with Gasteiger partial charge in [0.05, 0.1) is 11.3 Å². The Hall–Kier alpha value is -2.15. The minimum Gasteiger partial charge on any atom is -0.339 e. The average Bonchev–Trinajstić information content (AvgIpc) is 3.15. The fourth-order valence-corrected chi connectivity index (χ4v) is 4.85. The number of aromatic nitrogens is 4. The summed E-state index contributed by atoms with van der Waals surface area (Å²) in [6.07, 6.45) is 4.47. The van der Waals surface area contributed by atoms with Crippen LogP contribution in [0.3, 0.4) is 0 Å². The van der Waals surface area contributed by atoms with E-state index in [0.29, 0.717) is 11.8 Å². The largest absolute Gasteiger partial charge is 0.339 e. The Balaban J connectivity index is 1.64. The number of rotatable bonds is 5. The van der Waals surface area contributed by atoms with Crippen molar-refractivity contribution < 1.29 is 4.79 Å². The van der Waals surface area contributed by atoms with E-state index >= 15 is 0 Å². The van der Waals surface area contributed by atoms with Crippen LogP contribution in [0.15, 0.2) is 29.4 Å². The van der Waals surface area contributed by atoms with Gasteiger partial charge in [0.25, 0.3) is 0 Å². The molecule has 0 N–H and O–H groups in total. The second-order valence-corrected chi connectivity index (χ2v) is 8.66. The highest BCUT2D eigenvalue weighted by Crippen LogP contribution is 2.28. The first-order valence-electron chi connectivity index (χ1n) is 10.2. The quantitative estimate of drug-likeness (QED) is 0.601. The van der Waals surface area contributed by atoms with Crippen LogP contribution in [0.25, 0.3) is 16.6 Å². The zero-order valence-corrected chi connectivity index (χ0v) is 17.6. The van der Waals surface area contributed by atoms with E-state index in [1.165, 1.54) is 18.2 Å². The zero-order chi connectivity index (χ0) is 19.7. The molecule has 4 rings (SSSR count). The normalized spacial score (nSPS) is 17.7. The smallest absolute Gasteiger partial charge is 0.233 e. The SMILES string of the molecule is CC[C@@H]1CCCCN1C(=O)CSc1nnc2c3ccccc3nc(C(C)C)n12. The van der Waals surface area contributed by atoms with E-state index in [-0.39, 0.29) is 11.8 Å². The monoisotopic (exact) mass is 397 g/mol. The Kier molecular flexibility index (Phi) is 5.53. The second-order valence-electron chi connectivity index (χ2n) is 7.72. The van der Waals surface area contributed by atoms with Crippen molar-refractivity contribution in [1.82, 2.24) is 24.5 Å². The van der Waals surface area contributed by atoms with Gasteiger partial charge in [-0.25, -0.2) is 4.98 Å². The highest BCUT2D eigenvalue weighted by Gasteiger charge is 2.26. The van der Waals surface area contributed by atoms with Crippen LogP contribution in [0.5, 0.6) is 0 Å². The topological polar surface area (TPSA) is 63.4 Å². The number of carbonyl (C=O) groups excluding carboxylic acids is 1. The molecule has 148 valence electrons. The van der Waals surface area contributed by atoms with Crippen LogP contribution in [-0.2, 0) is 4.79 Å². The molecule has 2 aromatic heterocycles. The molecule has 0 spiro atoms. The van der Waals surface area contributed by atoms with E-state index in [9.17, 15) is 4.79 Å². The number of carbonyl (C=O) groups is 1. The Morgan fingerprint density at radius 1 is 1.25 bits per heavy atom. The molecule has 1 aliphatic heterocycles. The highest BCUT2D eigenvalue weighted by atomic mass is 32.2. The van der Waals surface area contributed by atoms with E-state index in [1.54, 1.807) is 0 Å². The van der Waals surface area contributed by atoms with Crippen LogP contribution in [0.1, 0.15) is 58.2 Å². The maximum absolute atomic E-state index is 12.9. The van der Waals surface area contributed by atoms with Gasteiger partial charge in [0.15, 0.2) is 10.8 Å². The third kappa shape index (κ3) is 3.48. The van der Waals surface area contributed by atoms with E-state index in [0.717, 1.165) is 53.3 Å². The van der Waals surface area contributed by atoms with Crippen LogP contribution in [0.2, 0.25) is 0 Å². The van der Waals surface area contributed by atoms with Gasteiger partial charge >= 0.3 is 0 Å². The summed E-state index contributed by atoms with van der Waals surface area (Å²) in [7, 11) is 0. The number of nitrogens with zero attached hydrogens (tertiary/aromatic N) is 5. The van der Waals surface area contributed by atoms with E-state index in [1.807, 2.05) is 28.7 Å². The Morgan fingerprint density at radius 3 is 2.86 bits per heavy atom. The predicted octanol–water partition coefficient (Wildman–Crippen LogP) is 4.28. The number of amides is 1. The third-order valence-electron chi connectivity index (χ3n) is 5.50. The minimum atomic E-state index is 0.202. The third-order valence-corrected chi connectivity index (χ3v) is 6.42. The molecular formula is C21H27N5OS. The van der Waals surface area contributed by atoms with Crippen molar-refractivity contribution >= 4 is 34.2 Å². The summed E-state index contributed by atoms with van der Waals surface area (Å²) in [6, 6.07) is 8.39. The number of benzene rings is 1. The summed E-state index contributed by atoms with van der Waals surface area (Å²) < 4.78 is 2.03. The van der Waals surface area contributed by atoms with E-state index < -0.39 is 0 Å². The van der Waals surface area contributed by atoms with Crippen molar-refractivity contribution in [2.45, 2.75) is 63.6 Å². The summed E-state index contributed by atoms with van der Waals surface area (Å²) in [5, 5.41) is 10.6. The van der Waals surface area contributed by atoms with Crippen LogP contribution < -0.4 is 0 Å². The first-order valence-corrected chi connectivity index (χ1v) is 11.1. The molecule has 6 nitrogen and oxygen atoms in total. The van der Waals surface area contributed by atoms with Crippen molar-refractivity contribution in [2.75, 3.05) is 12.3 Å². The summed E-state index contributed by atoms with van der Waals surface area (Å²) in [5.74, 6) is 1.75. The van der Waals surface area contributed by atoms with Gasteiger partial charge in [0, 0.05) is 23.9 Å². The van der Waals surface area contributed by atoms with Crippen molar-refractivity contribution in [3.8, 4) is 0 Å². The molecule has 7 heteroatoms. The first-order chi connectivity index (χ1) is 13.6. The molecule has 3 aromatic rings. The van der Waals surface area contributed by atoms with Gasteiger partial charge < -0.3 is 4.90 Å². The number of piperidine rings is 1. The molecule has 1 saturated heterocycles.